The van der Waals surface area contributed by atoms with Gasteiger partial charge in [-0.15, -0.1) is 5.10 Å². The van der Waals surface area contributed by atoms with Crippen molar-refractivity contribution in [2.75, 3.05) is 64.1 Å². The summed E-state index contributed by atoms with van der Waals surface area (Å²) in [6.07, 6.45) is 8.67. The first kappa shape index (κ1) is 23.6. The molecule has 0 radical (unpaired) electrons. The molecule has 0 bridgehead atoms. The third-order valence-electron chi connectivity index (χ3n) is 6.42. The minimum Gasteiger partial charge on any atom is -0.489 e. The molecule has 6 rings (SSSR count). The second kappa shape index (κ2) is 10.7. The minimum atomic E-state index is -0.129. The number of morpholine rings is 2. The number of anilines is 1. The van der Waals surface area contributed by atoms with Gasteiger partial charge < -0.3 is 19.1 Å². The number of rotatable bonds is 8. The van der Waals surface area contributed by atoms with Gasteiger partial charge in [0.15, 0.2) is 11.4 Å². The fourth-order valence-electron chi connectivity index (χ4n) is 4.44. The van der Waals surface area contributed by atoms with Crippen molar-refractivity contribution in [3.05, 3.63) is 31.0 Å². The van der Waals surface area contributed by atoms with Gasteiger partial charge in [-0.1, -0.05) is 5.21 Å². The highest BCUT2D eigenvalue weighted by atomic mass is 16.5. The van der Waals surface area contributed by atoms with Gasteiger partial charge in [-0.2, -0.15) is 5.10 Å². The van der Waals surface area contributed by atoms with E-state index >= 15 is 0 Å². The van der Waals surface area contributed by atoms with Crippen LogP contribution in [0, 0.1) is 0 Å². The highest BCUT2D eigenvalue weighted by molar-refractivity contribution is 5.69. The van der Waals surface area contributed by atoms with E-state index in [0.29, 0.717) is 55.8 Å². The van der Waals surface area contributed by atoms with Gasteiger partial charge in [0.25, 0.3) is 0 Å². The van der Waals surface area contributed by atoms with Crippen LogP contribution in [0.1, 0.15) is 0 Å². The molecule has 14 heteroatoms. The molecule has 2 aliphatic rings. The summed E-state index contributed by atoms with van der Waals surface area (Å²) in [6, 6.07) is 0. The normalized spacial score (nSPS) is 18.9. The molecule has 0 aromatic carbocycles. The van der Waals surface area contributed by atoms with Gasteiger partial charge in [-0.05, 0) is 0 Å². The van der Waals surface area contributed by atoms with Crippen molar-refractivity contribution < 1.29 is 14.2 Å². The van der Waals surface area contributed by atoms with Gasteiger partial charge in [0.2, 0.25) is 11.6 Å². The number of hydrogen-bond donors (Lipinski definition) is 0. The van der Waals surface area contributed by atoms with Crippen molar-refractivity contribution >= 4 is 17.2 Å². The maximum Gasteiger partial charge on any atom is 0.225 e. The summed E-state index contributed by atoms with van der Waals surface area (Å²) in [7, 11) is 1.87. The lowest BCUT2D eigenvalue weighted by Crippen LogP contribution is -2.45. The van der Waals surface area contributed by atoms with Crippen LogP contribution in [0.4, 0.5) is 5.95 Å². The van der Waals surface area contributed by atoms with E-state index in [2.05, 4.69) is 40.2 Å². The molecule has 4 aromatic rings. The molecule has 0 spiro atoms. The van der Waals surface area contributed by atoms with Crippen molar-refractivity contribution in [1.29, 1.82) is 0 Å². The third kappa shape index (κ3) is 5.50. The quantitative estimate of drug-likeness (QED) is 0.318. The van der Waals surface area contributed by atoms with E-state index in [0.717, 1.165) is 44.1 Å². The van der Waals surface area contributed by atoms with Gasteiger partial charge in [-0.3, -0.25) is 9.58 Å². The van der Waals surface area contributed by atoms with Gasteiger partial charge in [0.05, 0.1) is 63.0 Å². The zero-order valence-electron chi connectivity index (χ0n) is 20.7. The van der Waals surface area contributed by atoms with Gasteiger partial charge in [0, 0.05) is 51.5 Å². The predicted octanol–water partition coefficient (Wildman–Crippen LogP) is 0.0282. The number of fused-ring (bicyclic) bond motifs is 1. The Kier molecular flexibility index (Phi) is 6.84. The lowest BCUT2D eigenvalue weighted by molar-refractivity contribution is 0.0272. The monoisotopic (exact) mass is 507 g/mol. The van der Waals surface area contributed by atoms with Crippen LogP contribution in [0.2, 0.25) is 0 Å². The average molecular weight is 508 g/mol. The van der Waals surface area contributed by atoms with Crippen LogP contribution in [-0.2, 0) is 23.1 Å². The Morgan fingerprint density at radius 2 is 1.89 bits per heavy atom. The van der Waals surface area contributed by atoms with Crippen LogP contribution in [0.25, 0.3) is 22.6 Å². The molecule has 37 heavy (non-hydrogen) atoms. The Bertz CT molecular complexity index is 1320. The highest BCUT2D eigenvalue weighted by Crippen LogP contribution is 2.19. The van der Waals surface area contributed by atoms with Crippen LogP contribution in [0.15, 0.2) is 31.0 Å². The fraction of sp³-hybridized carbons (Fsp3) is 0.522. The van der Waals surface area contributed by atoms with Crippen molar-refractivity contribution in [3.8, 4) is 17.0 Å². The molecule has 2 fully saturated rings. The first-order valence-electron chi connectivity index (χ1n) is 12.4. The Hall–Kier alpha value is -3.75. The average Bonchev–Trinajstić information content (AvgIpc) is 3.55. The molecule has 2 aliphatic heterocycles. The molecular formula is C23H29N11O3. The lowest BCUT2D eigenvalue weighted by atomic mass is 10.2. The number of aryl methyl sites for hydroxylation is 1. The predicted molar refractivity (Wildman–Crippen MR) is 132 cm³/mol. The molecule has 0 unspecified atom stereocenters. The SMILES string of the molecule is Cn1cc(-c2cnc3nnn(C[C@@H]4CN(c5ncc(OCCN6CCOCC6)cn5)CCO4)c3n2)cn1. The minimum absolute atomic E-state index is 0.129. The van der Waals surface area contributed by atoms with Crippen LogP contribution in [-0.4, -0.2) is 115 Å². The maximum atomic E-state index is 6.02. The second-order valence-corrected chi connectivity index (χ2v) is 9.04. The summed E-state index contributed by atoms with van der Waals surface area (Å²) >= 11 is 0. The van der Waals surface area contributed by atoms with E-state index in [1.165, 1.54) is 0 Å². The summed E-state index contributed by atoms with van der Waals surface area (Å²) in [5.74, 6) is 1.31. The molecule has 0 amide bonds. The third-order valence-corrected chi connectivity index (χ3v) is 6.42. The standard InChI is InChI=1S/C23H29N11O3/c1-31-14-17(10-27-31)20-13-24-21-22(28-20)34(30-29-21)16-19-15-33(5-9-37-19)23-25-11-18(12-26-23)36-8-4-32-2-6-35-7-3-32/h10-14,19H,2-9,15-16H2,1H3/t19-/m0/s1. The van der Waals surface area contributed by atoms with Crippen LogP contribution >= 0.6 is 0 Å². The number of nitrogens with zero attached hydrogens (tertiary/aromatic N) is 11. The van der Waals surface area contributed by atoms with E-state index in [1.54, 1.807) is 34.2 Å². The summed E-state index contributed by atoms with van der Waals surface area (Å²) in [5, 5.41) is 12.6. The largest absolute Gasteiger partial charge is 0.489 e. The molecular weight excluding hydrogens is 478 g/mol. The van der Waals surface area contributed by atoms with Crippen molar-refractivity contribution in [1.82, 2.24) is 49.6 Å². The zero-order chi connectivity index (χ0) is 25.0. The molecule has 14 nitrogen and oxygen atoms in total. The van der Waals surface area contributed by atoms with Crippen molar-refractivity contribution in [2.24, 2.45) is 7.05 Å². The summed E-state index contributed by atoms with van der Waals surface area (Å²) in [6.45, 7) is 7.29. The van der Waals surface area contributed by atoms with Crippen LogP contribution in [0.5, 0.6) is 5.75 Å². The second-order valence-electron chi connectivity index (χ2n) is 9.04. The number of ether oxygens (including phenoxy) is 3. The van der Waals surface area contributed by atoms with Gasteiger partial charge in [0.1, 0.15) is 6.61 Å². The first-order valence-corrected chi connectivity index (χ1v) is 12.4. The molecule has 2 saturated heterocycles. The van der Waals surface area contributed by atoms with Crippen molar-refractivity contribution in [3.63, 3.8) is 0 Å². The Balaban J connectivity index is 1.07. The Labute approximate surface area is 213 Å². The molecule has 6 heterocycles. The summed E-state index contributed by atoms with van der Waals surface area (Å²) in [5.41, 5.74) is 2.70. The number of aromatic nitrogens is 9. The molecule has 194 valence electrons. The topological polar surface area (TPSA) is 134 Å². The van der Waals surface area contributed by atoms with Crippen LogP contribution < -0.4 is 9.64 Å². The van der Waals surface area contributed by atoms with E-state index < -0.39 is 0 Å². The van der Waals surface area contributed by atoms with E-state index in [-0.39, 0.29) is 6.10 Å². The molecule has 0 saturated carbocycles. The maximum absolute atomic E-state index is 6.02. The lowest BCUT2D eigenvalue weighted by Gasteiger charge is -2.32. The van der Waals surface area contributed by atoms with Crippen molar-refractivity contribution in [2.45, 2.75) is 12.6 Å². The van der Waals surface area contributed by atoms with Gasteiger partial charge >= 0.3 is 0 Å². The fourth-order valence-corrected chi connectivity index (χ4v) is 4.44. The van der Waals surface area contributed by atoms with E-state index in [9.17, 15) is 0 Å². The van der Waals surface area contributed by atoms with E-state index in [4.69, 9.17) is 19.2 Å². The molecule has 4 aromatic heterocycles. The first-order chi connectivity index (χ1) is 18.2. The molecule has 0 aliphatic carbocycles. The van der Waals surface area contributed by atoms with E-state index in [1.807, 2.05) is 13.2 Å². The number of hydrogen-bond acceptors (Lipinski definition) is 12. The van der Waals surface area contributed by atoms with Crippen LogP contribution in [0.3, 0.4) is 0 Å². The highest BCUT2D eigenvalue weighted by Gasteiger charge is 2.24. The molecule has 1 atom stereocenters. The summed E-state index contributed by atoms with van der Waals surface area (Å²) < 4.78 is 20.7. The summed E-state index contributed by atoms with van der Waals surface area (Å²) in [4.78, 5) is 22.6. The smallest absolute Gasteiger partial charge is 0.225 e. The van der Waals surface area contributed by atoms with Gasteiger partial charge in [-0.25, -0.2) is 24.6 Å². The Morgan fingerprint density at radius 3 is 2.70 bits per heavy atom. The zero-order valence-corrected chi connectivity index (χ0v) is 20.7. The molecule has 0 N–H and O–H groups in total. The Morgan fingerprint density at radius 1 is 1.03 bits per heavy atom.